The number of carbonyl (C=O) groups is 1. The normalized spacial score (nSPS) is 11.2. The fourth-order valence-corrected chi connectivity index (χ4v) is 2.27. The largest absolute Gasteiger partial charge is 0.497 e. The SMILES string of the molecule is COc1ccc(C(=O)C=C(C)Nc2ccc(Br)c(C)c2)cc1. The molecule has 0 amide bonds. The maximum atomic E-state index is 12.2. The number of hydrogen-bond acceptors (Lipinski definition) is 3. The highest BCUT2D eigenvalue weighted by Gasteiger charge is 2.04. The van der Waals surface area contributed by atoms with Crippen LogP contribution in [0.3, 0.4) is 0 Å². The van der Waals surface area contributed by atoms with E-state index in [0.717, 1.165) is 27.2 Å². The smallest absolute Gasteiger partial charge is 0.187 e. The van der Waals surface area contributed by atoms with E-state index in [1.807, 2.05) is 32.0 Å². The average molecular weight is 360 g/mol. The molecule has 0 bridgehead atoms. The minimum absolute atomic E-state index is 0.0403. The summed E-state index contributed by atoms with van der Waals surface area (Å²) < 4.78 is 6.15. The van der Waals surface area contributed by atoms with Crippen LogP contribution < -0.4 is 10.1 Å². The molecular formula is C18H18BrNO2. The van der Waals surface area contributed by atoms with Gasteiger partial charge in [0.1, 0.15) is 5.75 Å². The van der Waals surface area contributed by atoms with Crippen molar-refractivity contribution in [2.45, 2.75) is 13.8 Å². The standard InChI is InChI=1S/C18H18BrNO2/c1-12-10-15(6-9-17(12)19)20-13(2)11-18(21)14-4-7-16(22-3)8-5-14/h4-11,20H,1-3H3. The molecule has 0 aromatic heterocycles. The van der Waals surface area contributed by atoms with Crippen molar-refractivity contribution in [3.63, 3.8) is 0 Å². The van der Waals surface area contributed by atoms with Crippen LogP contribution in [0.5, 0.6) is 5.75 Å². The maximum absolute atomic E-state index is 12.2. The molecule has 0 radical (unpaired) electrons. The summed E-state index contributed by atoms with van der Waals surface area (Å²) in [6.07, 6.45) is 1.60. The lowest BCUT2D eigenvalue weighted by Gasteiger charge is -2.08. The molecule has 0 heterocycles. The average Bonchev–Trinajstić information content (AvgIpc) is 2.51. The number of carbonyl (C=O) groups excluding carboxylic acids is 1. The van der Waals surface area contributed by atoms with Crippen LogP contribution >= 0.6 is 15.9 Å². The summed E-state index contributed by atoms with van der Waals surface area (Å²) in [5.74, 6) is 0.696. The molecule has 0 atom stereocenters. The first-order chi connectivity index (χ1) is 10.5. The summed E-state index contributed by atoms with van der Waals surface area (Å²) >= 11 is 3.47. The lowest BCUT2D eigenvalue weighted by atomic mass is 10.1. The Morgan fingerprint density at radius 2 is 1.86 bits per heavy atom. The van der Waals surface area contributed by atoms with E-state index in [9.17, 15) is 4.79 Å². The molecule has 2 aromatic rings. The van der Waals surface area contributed by atoms with Gasteiger partial charge in [0.05, 0.1) is 7.11 Å². The van der Waals surface area contributed by atoms with Crippen LogP contribution in [0.2, 0.25) is 0 Å². The van der Waals surface area contributed by atoms with E-state index in [1.54, 1.807) is 37.5 Å². The Kier molecular flexibility index (Phi) is 5.39. The minimum atomic E-state index is -0.0403. The summed E-state index contributed by atoms with van der Waals surface area (Å²) in [4.78, 5) is 12.2. The summed E-state index contributed by atoms with van der Waals surface area (Å²) in [5.41, 5.74) is 3.52. The van der Waals surface area contributed by atoms with E-state index in [-0.39, 0.29) is 5.78 Å². The topological polar surface area (TPSA) is 38.3 Å². The van der Waals surface area contributed by atoms with Crippen molar-refractivity contribution in [3.05, 3.63) is 69.8 Å². The predicted molar refractivity (Wildman–Crippen MR) is 93.6 cm³/mol. The summed E-state index contributed by atoms with van der Waals surface area (Å²) in [7, 11) is 1.60. The number of allylic oxidation sites excluding steroid dienone is 2. The Morgan fingerprint density at radius 1 is 1.18 bits per heavy atom. The van der Waals surface area contributed by atoms with E-state index in [4.69, 9.17) is 4.74 Å². The van der Waals surface area contributed by atoms with Crippen LogP contribution in [0.1, 0.15) is 22.8 Å². The number of benzene rings is 2. The summed E-state index contributed by atoms with van der Waals surface area (Å²) in [5, 5.41) is 3.23. The van der Waals surface area contributed by atoms with E-state index < -0.39 is 0 Å². The second-order valence-electron chi connectivity index (χ2n) is 5.01. The van der Waals surface area contributed by atoms with E-state index in [1.165, 1.54) is 0 Å². The number of halogens is 1. The second kappa shape index (κ2) is 7.27. The van der Waals surface area contributed by atoms with Crippen molar-refractivity contribution >= 4 is 27.4 Å². The van der Waals surface area contributed by atoms with Gasteiger partial charge in [0.2, 0.25) is 0 Å². The number of ketones is 1. The van der Waals surface area contributed by atoms with Crippen molar-refractivity contribution in [1.82, 2.24) is 0 Å². The van der Waals surface area contributed by atoms with Gasteiger partial charge in [0.15, 0.2) is 5.78 Å². The zero-order chi connectivity index (χ0) is 16.1. The Morgan fingerprint density at radius 3 is 2.45 bits per heavy atom. The van der Waals surface area contributed by atoms with Gasteiger partial charge in [-0.25, -0.2) is 0 Å². The molecule has 0 aliphatic carbocycles. The second-order valence-corrected chi connectivity index (χ2v) is 5.86. The molecule has 0 saturated heterocycles. The highest BCUT2D eigenvalue weighted by molar-refractivity contribution is 9.10. The van der Waals surface area contributed by atoms with Crippen LogP contribution in [0, 0.1) is 6.92 Å². The van der Waals surface area contributed by atoms with E-state index in [2.05, 4.69) is 21.2 Å². The van der Waals surface area contributed by atoms with Crippen molar-refractivity contribution in [2.24, 2.45) is 0 Å². The zero-order valence-electron chi connectivity index (χ0n) is 12.8. The minimum Gasteiger partial charge on any atom is -0.497 e. The fourth-order valence-electron chi connectivity index (χ4n) is 2.02. The molecule has 2 aromatic carbocycles. The number of nitrogens with one attached hydrogen (secondary N) is 1. The first-order valence-corrected chi connectivity index (χ1v) is 7.69. The van der Waals surface area contributed by atoms with Crippen molar-refractivity contribution in [3.8, 4) is 5.75 Å². The van der Waals surface area contributed by atoms with Crippen molar-refractivity contribution < 1.29 is 9.53 Å². The molecule has 0 aliphatic rings. The third kappa shape index (κ3) is 4.21. The number of methoxy groups -OCH3 is 1. The van der Waals surface area contributed by atoms with Crippen LogP contribution in [0.15, 0.2) is 58.7 Å². The molecule has 4 heteroatoms. The molecule has 0 unspecified atom stereocenters. The maximum Gasteiger partial charge on any atom is 0.187 e. The fraction of sp³-hybridized carbons (Fsp3) is 0.167. The molecule has 0 spiro atoms. The molecule has 22 heavy (non-hydrogen) atoms. The number of rotatable bonds is 5. The van der Waals surface area contributed by atoms with E-state index >= 15 is 0 Å². The van der Waals surface area contributed by atoms with Gasteiger partial charge < -0.3 is 10.1 Å². The summed E-state index contributed by atoms with van der Waals surface area (Å²) in [6, 6.07) is 13.1. The van der Waals surface area contributed by atoms with Gasteiger partial charge in [-0.15, -0.1) is 0 Å². The first-order valence-electron chi connectivity index (χ1n) is 6.89. The first kappa shape index (κ1) is 16.3. The van der Waals surface area contributed by atoms with Gasteiger partial charge in [-0.2, -0.15) is 0 Å². The molecule has 1 N–H and O–H groups in total. The van der Waals surface area contributed by atoms with Crippen LogP contribution in [0.25, 0.3) is 0 Å². The molecule has 0 saturated carbocycles. The molecule has 114 valence electrons. The van der Waals surface area contributed by atoms with Crippen LogP contribution in [-0.2, 0) is 0 Å². The Hall–Kier alpha value is -2.07. The number of anilines is 1. The Bertz CT molecular complexity index is 706. The number of hydrogen-bond donors (Lipinski definition) is 1. The van der Waals surface area contributed by atoms with Gasteiger partial charge in [-0.1, -0.05) is 15.9 Å². The Balaban J connectivity index is 2.09. The van der Waals surface area contributed by atoms with Crippen molar-refractivity contribution in [1.29, 1.82) is 0 Å². The third-order valence-electron chi connectivity index (χ3n) is 3.22. The summed E-state index contributed by atoms with van der Waals surface area (Å²) in [6.45, 7) is 3.90. The van der Waals surface area contributed by atoms with Gasteiger partial charge in [-0.3, -0.25) is 4.79 Å². The molecule has 3 nitrogen and oxygen atoms in total. The number of ether oxygens (including phenoxy) is 1. The molecule has 0 aliphatic heterocycles. The van der Waals surface area contributed by atoms with Crippen LogP contribution in [0.4, 0.5) is 5.69 Å². The van der Waals surface area contributed by atoms with Gasteiger partial charge >= 0.3 is 0 Å². The highest BCUT2D eigenvalue weighted by Crippen LogP contribution is 2.21. The Labute approximate surface area is 139 Å². The lowest BCUT2D eigenvalue weighted by molar-refractivity contribution is 0.104. The van der Waals surface area contributed by atoms with Crippen molar-refractivity contribution in [2.75, 3.05) is 12.4 Å². The van der Waals surface area contributed by atoms with Crippen LogP contribution in [-0.4, -0.2) is 12.9 Å². The predicted octanol–water partition coefficient (Wildman–Crippen LogP) is 4.96. The quantitative estimate of drug-likeness (QED) is 0.605. The third-order valence-corrected chi connectivity index (χ3v) is 4.11. The highest BCUT2D eigenvalue weighted by atomic mass is 79.9. The zero-order valence-corrected chi connectivity index (χ0v) is 14.4. The molecular weight excluding hydrogens is 342 g/mol. The number of aryl methyl sites for hydroxylation is 1. The molecule has 2 rings (SSSR count). The van der Waals surface area contributed by atoms with Gasteiger partial charge in [0.25, 0.3) is 0 Å². The monoisotopic (exact) mass is 359 g/mol. The lowest BCUT2D eigenvalue weighted by Crippen LogP contribution is -2.01. The van der Waals surface area contributed by atoms with E-state index in [0.29, 0.717) is 5.56 Å². The van der Waals surface area contributed by atoms with Gasteiger partial charge in [0, 0.05) is 27.5 Å². The van der Waals surface area contributed by atoms with Gasteiger partial charge in [-0.05, 0) is 61.9 Å². The molecule has 0 fully saturated rings.